The Bertz CT molecular complexity index is 255. The quantitative estimate of drug-likeness (QED) is 0.743. The van der Waals surface area contributed by atoms with Crippen molar-refractivity contribution in [1.82, 2.24) is 10.2 Å². The Balaban J connectivity index is 1.86. The molecule has 0 aromatic rings. The predicted molar refractivity (Wildman–Crippen MR) is 80.3 cm³/mol. The monoisotopic (exact) mass is 268 g/mol. The summed E-state index contributed by atoms with van der Waals surface area (Å²) >= 11 is 0. The van der Waals surface area contributed by atoms with Crippen molar-refractivity contribution in [3.8, 4) is 0 Å². The summed E-state index contributed by atoms with van der Waals surface area (Å²) in [7, 11) is 0. The fourth-order valence-electron chi connectivity index (χ4n) is 3.53. The summed E-state index contributed by atoms with van der Waals surface area (Å²) in [5.41, 5.74) is 0. The van der Waals surface area contributed by atoms with Crippen LogP contribution in [0.5, 0.6) is 0 Å². The largest absolute Gasteiger partial charge is 0.393 e. The van der Waals surface area contributed by atoms with Gasteiger partial charge in [-0.25, -0.2) is 0 Å². The molecule has 1 aliphatic heterocycles. The molecule has 3 atom stereocenters. The molecule has 0 bridgehead atoms. The van der Waals surface area contributed by atoms with Gasteiger partial charge in [-0.15, -0.1) is 0 Å². The molecule has 2 N–H and O–H groups in total. The molecule has 0 aromatic heterocycles. The van der Waals surface area contributed by atoms with Crippen LogP contribution in [0.4, 0.5) is 0 Å². The Morgan fingerprint density at radius 2 is 2.05 bits per heavy atom. The van der Waals surface area contributed by atoms with Gasteiger partial charge in [-0.3, -0.25) is 0 Å². The molecule has 112 valence electrons. The molecule has 2 fully saturated rings. The van der Waals surface area contributed by atoms with Crippen LogP contribution in [-0.2, 0) is 0 Å². The predicted octanol–water partition coefficient (Wildman–Crippen LogP) is 2.25. The van der Waals surface area contributed by atoms with Crippen LogP contribution in [0.1, 0.15) is 52.4 Å². The number of aliphatic hydroxyl groups excluding tert-OH is 1. The highest BCUT2D eigenvalue weighted by Crippen LogP contribution is 2.29. The molecule has 3 heteroatoms. The van der Waals surface area contributed by atoms with E-state index in [9.17, 15) is 5.11 Å². The van der Waals surface area contributed by atoms with Gasteiger partial charge in [0.15, 0.2) is 0 Å². The second kappa shape index (κ2) is 7.61. The topological polar surface area (TPSA) is 35.5 Å². The van der Waals surface area contributed by atoms with E-state index in [4.69, 9.17) is 0 Å². The van der Waals surface area contributed by atoms with E-state index in [0.717, 1.165) is 31.8 Å². The SMILES string of the molecule is CCCNC1CC(C(O)CC)CN(CC2CCC2)C1. The minimum atomic E-state index is -0.116. The standard InChI is InChI=1S/C16H32N2O/c1-3-8-17-15-9-14(16(19)4-2)11-18(12-15)10-13-6-5-7-13/h13-17,19H,3-12H2,1-2H3. The third kappa shape index (κ3) is 4.44. The van der Waals surface area contributed by atoms with Crippen molar-refractivity contribution in [2.24, 2.45) is 11.8 Å². The normalized spacial score (nSPS) is 31.1. The van der Waals surface area contributed by atoms with E-state index in [1.807, 2.05) is 0 Å². The van der Waals surface area contributed by atoms with Crippen LogP contribution in [-0.4, -0.2) is 48.3 Å². The Morgan fingerprint density at radius 3 is 2.63 bits per heavy atom. The number of hydrogen-bond acceptors (Lipinski definition) is 3. The van der Waals surface area contributed by atoms with Crippen molar-refractivity contribution in [3.63, 3.8) is 0 Å². The van der Waals surface area contributed by atoms with Gasteiger partial charge in [0.05, 0.1) is 6.10 Å². The van der Waals surface area contributed by atoms with Gasteiger partial charge >= 0.3 is 0 Å². The molecular formula is C16H32N2O. The van der Waals surface area contributed by atoms with Crippen LogP contribution in [0, 0.1) is 11.8 Å². The van der Waals surface area contributed by atoms with Crippen molar-refractivity contribution in [1.29, 1.82) is 0 Å². The lowest BCUT2D eigenvalue weighted by Gasteiger charge is -2.42. The number of likely N-dealkylation sites (tertiary alicyclic amines) is 1. The summed E-state index contributed by atoms with van der Waals surface area (Å²) in [5.74, 6) is 1.40. The van der Waals surface area contributed by atoms with E-state index in [2.05, 4.69) is 24.1 Å². The number of nitrogens with zero attached hydrogens (tertiary/aromatic N) is 1. The van der Waals surface area contributed by atoms with Crippen LogP contribution in [0.15, 0.2) is 0 Å². The summed E-state index contributed by atoms with van der Waals surface area (Å²) in [6.45, 7) is 8.98. The fourth-order valence-corrected chi connectivity index (χ4v) is 3.53. The van der Waals surface area contributed by atoms with Crippen LogP contribution < -0.4 is 5.32 Å². The maximum absolute atomic E-state index is 10.2. The third-order valence-corrected chi connectivity index (χ3v) is 4.95. The average Bonchev–Trinajstić information content (AvgIpc) is 2.39. The first kappa shape index (κ1) is 15.3. The van der Waals surface area contributed by atoms with Crippen LogP contribution in [0.3, 0.4) is 0 Å². The smallest absolute Gasteiger partial charge is 0.0578 e. The Hall–Kier alpha value is -0.120. The molecule has 0 radical (unpaired) electrons. The highest BCUT2D eigenvalue weighted by Gasteiger charge is 2.32. The number of aliphatic hydroxyl groups is 1. The minimum Gasteiger partial charge on any atom is -0.393 e. The summed E-state index contributed by atoms with van der Waals surface area (Å²) < 4.78 is 0. The molecule has 1 aliphatic carbocycles. The second-order valence-corrected chi connectivity index (χ2v) is 6.64. The molecule has 3 unspecified atom stereocenters. The van der Waals surface area contributed by atoms with Gasteiger partial charge in [0.2, 0.25) is 0 Å². The first-order valence-corrected chi connectivity index (χ1v) is 8.36. The van der Waals surface area contributed by atoms with Crippen LogP contribution >= 0.6 is 0 Å². The summed E-state index contributed by atoms with van der Waals surface area (Å²) in [5, 5.41) is 13.9. The van der Waals surface area contributed by atoms with Gasteiger partial charge in [-0.05, 0) is 50.5 Å². The Morgan fingerprint density at radius 1 is 1.26 bits per heavy atom. The van der Waals surface area contributed by atoms with Crippen molar-refractivity contribution in [3.05, 3.63) is 0 Å². The number of piperidine rings is 1. The van der Waals surface area contributed by atoms with E-state index in [-0.39, 0.29) is 6.10 Å². The zero-order valence-corrected chi connectivity index (χ0v) is 12.8. The number of rotatable bonds is 7. The van der Waals surface area contributed by atoms with Gasteiger partial charge < -0.3 is 15.3 Å². The molecule has 19 heavy (non-hydrogen) atoms. The van der Waals surface area contributed by atoms with Gasteiger partial charge in [-0.1, -0.05) is 20.3 Å². The van der Waals surface area contributed by atoms with E-state index in [0.29, 0.717) is 12.0 Å². The number of nitrogens with one attached hydrogen (secondary N) is 1. The van der Waals surface area contributed by atoms with E-state index >= 15 is 0 Å². The summed E-state index contributed by atoms with van der Waals surface area (Å²) in [6, 6.07) is 0.583. The molecular weight excluding hydrogens is 236 g/mol. The van der Waals surface area contributed by atoms with Gasteiger partial charge in [0.25, 0.3) is 0 Å². The lowest BCUT2D eigenvalue weighted by Crippen LogP contribution is -2.53. The highest BCUT2D eigenvalue weighted by molar-refractivity contribution is 4.88. The molecule has 2 aliphatic rings. The molecule has 0 aromatic carbocycles. The van der Waals surface area contributed by atoms with Crippen LogP contribution in [0.2, 0.25) is 0 Å². The van der Waals surface area contributed by atoms with E-state index < -0.39 is 0 Å². The van der Waals surface area contributed by atoms with Crippen molar-refractivity contribution < 1.29 is 5.11 Å². The Kier molecular flexibility index (Phi) is 6.11. The Labute approximate surface area is 118 Å². The zero-order valence-electron chi connectivity index (χ0n) is 12.8. The molecule has 2 rings (SSSR count). The average molecular weight is 268 g/mol. The lowest BCUT2D eigenvalue weighted by molar-refractivity contribution is 0.0249. The van der Waals surface area contributed by atoms with E-state index in [1.165, 1.54) is 38.8 Å². The first-order valence-electron chi connectivity index (χ1n) is 8.36. The van der Waals surface area contributed by atoms with Crippen LogP contribution in [0.25, 0.3) is 0 Å². The molecule has 1 saturated heterocycles. The van der Waals surface area contributed by atoms with Crippen molar-refractivity contribution in [2.75, 3.05) is 26.2 Å². The van der Waals surface area contributed by atoms with Gasteiger partial charge in [0, 0.05) is 25.7 Å². The highest BCUT2D eigenvalue weighted by atomic mass is 16.3. The zero-order chi connectivity index (χ0) is 13.7. The summed E-state index contributed by atoms with van der Waals surface area (Å²) in [6.07, 6.45) is 7.39. The second-order valence-electron chi connectivity index (χ2n) is 6.64. The fraction of sp³-hybridized carbons (Fsp3) is 1.00. The molecule has 3 nitrogen and oxygen atoms in total. The third-order valence-electron chi connectivity index (χ3n) is 4.95. The van der Waals surface area contributed by atoms with Gasteiger partial charge in [-0.2, -0.15) is 0 Å². The number of hydrogen-bond donors (Lipinski definition) is 2. The molecule has 1 heterocycles. The first-order chi connectivity index (χ1) is 9.22. The maximum atomic E-state index is 10.2. The molecule has 1 saturated carbocycles. The molecule has 0 amide bonds. The van der Waals surface area contributed by atoms with Crippen molar-refractivity contribution in [2.45, 2.75) is 64.5 Å². The maximum Gasteiger partial charge on any atom is 0.0578 e. The molecule has 0 spiro atoms. The summed E-state index contributed by atoms with van der Waals surface area (Å²) in [4.78, 5) is 2.62. The van der Waals surface area contributed by atoms with Crippen molar-refractivity contribution >= 4 is 0 Å². The lowest BCUT2D eigenvalue weighted by atomic mass is 9.83. The minimum absolute atomic E-state index is 0.116. The van der Waals surface area contributed by atoms with Gasteiger partial charge in [0.1, 0.15) is 0 Å². The van der Waals surface area contributed by atoms with E-state index in [1.54, 1.807) is 0 Å².